The Morgan fingerprint density at radius 3 is 2.76 bits per heavy atom. The number of rotatable bonds is 6. The van der Waals surface area contributed by atoms with Gasteiger partial charge in [0.15, 0.2) is 0 Å². The highest BCUT2D eigenvalue weighted by Crippen LogP contribution is 2.10. The third-order valence-corrected chi connectivity index (χ3v) is 2.61. The Morgan fingerprint density at radius 1 is 1.47 bits per heavy atom. The van der Waals surface area contributed by atoms with Crippen LogP contribution < -0.4 is 5.32 Å². The number of carbonyl (C=O) groups excluding carboxylic acids is 1. The van der Waals surface area contributed by atoms with E-state index in [0.29, 0.717) is 18.6 Å². The summed E-state index contributed by atoms with van der Waals surface area (Å²) in [5, 5.41) is 11.8. The van der Waals surface area contributed by atoms with Crippen molar-refractivity contribution in [3.05, 3.63) is 35.4 Å². The molecule has 0 aliphatic carbocycles. The van der Waals surface area contributed by atoms with E-state index in [1.165, 1.54) is 0 Å². The number of amides is 1. The molecular formula is C13H19NO3. The van der Waals surface area contributed by atoms with Crippen LogP contribution in [-0.2, 0) is 11.3 Å². The van der Waals surface area contributed by atoms with Crippen LogP contribution >= 0.6 is 0 Å². The summed E-state index contributed by atoms with van der Waals surface area (Å²) in [5.41, 5.74) is 1.45. The number of carbonyl (C=O) groups is 1. The van der Waals surface area contributed by atoms with Crippen molar-refractivity contribution in [2.45, 2.75) is 26.0 Å². The molecule has 0 radical (unpaired) electrons. The average Bonchev–Trinajstić information content (AvgIpc) is 2.36. The maximum absolute atomic E-state index is 12.0. The first-order valence-corrected chi connectivity index (χ1v) is 5.71. The lowest BCUT2D eigenvalue weighted by Gasteiger charge is -2.15. The fraction of sp³-hybridized carbons (Fsp3) is 0.462. The lowest BCUT2D eigenvalue weighted by Crippen LogP contribution is -2.37. The normalized spacial score (nSPS) is 12.2. The smallest absolute Gasteiger partial charge is 0.251 e. The van der Waals surface area contributed by atoms with Crippen LogP contribution in [0.3, 0.4) is 0 Å². The van der Waals surface area contributed by atoms with Gasteiger partial charge in [-0.1, -0.05) is 25.1 Å². The zero-order chi connectivity index (χ0) is 12.7. The van der Waals surface area contributed by atoms with Crippen molar-refractivity contribution >= 4 is 5.91 Å². The van der Waals surface area contributed by atoms with Gasteiger partial charge >= 0.3 is 0 Å². The third-order valence-electron chi connectivity index (χ3n) is 2.61. The molecule has 0 aliphatic heterocycles. The van der Waals surface area contributed by atoms with Gasteiger partial charge in [-0.3, -0.25) is 4.79 Å². The quantitative estimate of drug-likeness (QED) is 0.784. The van der Waals surface area contributed by atoms with E-state index in [4.69, 9.17) is 9.84 Å². The Hall–Kier alpha value is -1.39. The molecule has 0 spiro atoms. The van der Waals surface area contributed by atoms with Crippen molar-refractivity contribution in [2.75, 3.05) is 13.7 Å². The summed E-state index contributed by atoms with van der Waals surface area (Å²) in [4.78, 5) is 12.0. The molecule has 0 fully saturated rings. The van der Waals surface area contributed by atoms with Gasteiger partial charge in [0.05, 0.1) is 19.3 Å². The number of aliphatic hydroxyl groups is 1. The lowest BCUT2D eigenvalue weighted by molar-refractivity contribution is 0.0910. The molecule has 4 nitrogen and oxygen atoms in total. The van der Waals surface area contributed by atoms with Gasteiger partial charge in [-0.15, -0.1) is 0 Å². The molecule has 1 aromatic carbocycles. The highest BCUT2D eigenvalue weighted by atomic mass is 16.5. The number of aliphatic hydroxyl groups excluding tert-OH is 1. The van der Waals surface area contributed by atoms with Crippen LogP contribution in [0.1, 0.15) is 29.3 Å². The highest BCUT2D eigenvalue weighted by molar-refractivity contribution is 5.95. The summed E-state index contributed by atoms with van der Waals surface area (Å²) in [7, 11) is 1.59. The van der Waals surface area contributed by atoms with Gasteiger partial charge < -0.3 is 15.2 Å². The zero-order valence-corrected chi connectivity index (χ0v) is 10.3. The molecule has 0 aliphatic rings. The molecule has 0 saturated carbocycles. The zero-order valence-electron chi connectivity index (χ0n) is 10.3. The molecule has 0 unspecified atom stereocenters. The minimum atomic E-state index is -0.196. The van der Waals surface area contributed by atoms with E-state index in [-0.39, 0.29) is 18.6 Å². The first-order chi connectivity index (χ1) is 8.22. The fourth-order valence-electron chi connectivity index (χ4n) is 1.56. The van der Waals surface area contributed by atoms with Crippen LogP contribution in [0.4, 0.5) is 0 Å². The van der Waals surface area contributed by atoms with Gasteiger partial charge in [-0.25, -0.2) is 0 Å². The van der Waals surface area contributed by atoms with E-state index in [9.17, 15) is 4.79 Å². The van der Waals surface area contributed by atoms with Gasteiger partial charge in [-0.2, -0.15) is 0 Å². The molecule has 17 heavy (non-hydrogen) atoms. The predicted octanol–water partition coefficient (Wildman–Crippen LogP) is 1.33. The Morgan fingerprint density at radius 2 is 2.18 bits per heavy atom. The average molecular weight is 237 g/mol. The molecule has 1 amide bonds. The highest BCUT2D eigenvalue weighted by Gasteiger charge is 2.14. The van der Waals surface area contributed by atoms with Gasteiger partial charge in [0.1, 0.15) is 0 Å². The molecular weight excluding hydrogens is 218 g/mol. The largest absolute Gasteiger partial charge is 0.394 e. The minimum Gasteiger partial charge on any atom is -0.394 e. The SMILES string of the molecule is CC[C@@H](CO)NC(=O)c1ccccc1COC. The molecule has 0 aromatic heterocycles. The Balaban J connectivity index is 2.80. The summed E-state index contributed by atoms with van der Waals surface area (Å²) in [6.45, 7) is 2.27. The summed E-state index contributed by atoms with van der Waals surface area (Å²) in [5.74, 6) is -0.168. The molecule has 94 valence electrons. The number of methoxy groups -OCH3 is 1. The van der Waals surface area contributed by atoms with E-state index in [1.54, 1.807) is 13.2 Å². The molecule has 0 saturated heterocycles. The number of benzene rings is 1. The van der Waals surface area contributed by atoms with Gasteiger partial charge in [-0.05, 0) is 18.1 Å². The van der Waals surface area contributed by atoms with Crippen molar-refractivity contribution in [3.8, 4) is 0 Å². The predicted molar refractivity (Wildman–Crippen MR) is 65.8 cm³/mol. The molecule has 4 heteroatoms. The molecule has 0 bridgehead atoms. The molecule has 1 atom stereocenters. The van der Waals surface area contributed by atoms with E-state index in [2.05, 4.69) is 5.32 Å². The van der Waals surface area contributed by atoms with Crippen LogP contribution in [0.25, 0.3) is 0 Å². The summed E-state index contributed by atoms with van der Waals surface area (Å²) >= 11 is 0. The number of hydrogen-bond acceptors (Lipinski definition) is 3. The van der Waals surface area contributed by atoms with Crippen LogP contribution in [0.2, 0.25) is 0 Å². The van der Waals surface area contributed by atoms with Crippen molar-refractivity contribution in [2.24, 2.45) is 0 Å². The Bertz CT molecular complexity index is 361. The maximum Gasteiger partial charge on any atom is 0.251 e. The van der Waals surface area contributed by atoms with Gasteiger partial charge in [0.2, 0.25) is 0 Å². The third kappa shape index (κ3) is 3.84. The van der Waals surface area contributed by atoms with Crippen LogP contribution in [0.15, 0.2) is 24.3 Å². The van der Waals surface area contributed by atoms with E-state index >= 15 is 0 Å². The summed E-state index contributed by atoms with van der Waals surface area (Å²) < 4.78 is 5.05. The van der Waals surface area contributed by atoms with Crippen LogP contribution in [0.5, 0.6) is 0 Å². The maximum atomic E-state index is 12.0. The van der Waals surface area contributed by atoms with Crippen molar-refractivity contribution < 1.29 is 14.6 Å². The van der Waals surface area contributed by atoms with E-state index in [1.807, 2.05) is 25.1 Å². The van der Waals surface area contributed by atoms with Crippen LogP contribution in [0, 0.1) is 0 Å². The van der Waals surface area contributed by atoms with Gasteiger partial charge in [0.25, 0.3) is 5.91 Å². The second-order valence-corrected chi connectivity index (χ2v) is 3.85. The molecule has 1 aromatic rings. The van der Waals surface area contributed by atoms with E-state index < -0.39 is 0 Å². The van der Waals surface area contributed by atoms with E-state index in [0.717, 1.165) is 5.56 Å². The van der Waals surface area contributed by atoms with Gasteiger partial charge in [0, 0.05) is 12.7 Å². The number of nitrogens with one attached hydrogen (secondary N) is 1. The van der Waals surface area contributed by atoms with Crippen molar-refractivity contribution in [1.29, 1.82) is 0 Å². The Labute approximate surface area is 102 Å². The standard InChI is InChI=1S/C13H19NO3/c1-3-11(8-15)14-13(16)12-7-5-4-6-10(12)9-17-2/h4-7,11,15H,3,8-9H2,1-2H3,(H,14,16)/t11-/m0/s1. The second-order valence-electron chi connectivity index (χ2n) is 3.85. The summed E-state index contributed by atoms with van der Waals surface area (Å²) in [6, 6.07) is 7.10. The lowest BCUT2D eigenvalue weighted by atomic mass is 10.1. The number of hydrogen-bond donors (Lipinski definition) is 2. The second kappa shape index (κ2) is 7.04. The van der Waals surface area contributed by atoms with Crippen LogP contribution in [-0.4, -0.2) is 30.8 Å². The topological polar surface area (TPSA) is 58.6 Å². The molecule has 2 N–H and O–H groups in total. The minimum absolute atomic E-state index is 0.0469. The first kappa shape index (κ1) is 13.7. The van der Waals surface area contributed by atoms with Crippen molar-refractivity contribution in [3.63, 3.8) is 0 Å². The number of ether oxygens (including phenoxy) is 1. The molecule has 1 rings (SSSR count). The fourth-order valence-corrected chi connectivity index (χ4v) is 1.56. The summed E-state index contributed by atoms with van der Waals surface area (Å²) in [6.07, 6.45) is 0.703. The van der Waals surface area contributed by atoms with Crippen molar-refractivity contribution in [1.82, 2.24) is 5.32 Å². The monoisotopic (exact) mass is 237 g/mol. The molecule has 0 heterocycles. The first-order valence-electron chi connectivity index (χ1n) is 5.71. The Kier molecular flexibility index (Phi) is 5.66.